The van der Waals surface area contributed by atoms with Crippen LogP contribution < -0.4 is 0 Å². The van der Waals surface area contributed by atoms with E-state index in [1.165, 1.54) is 0 Å². The summed E-state index contributed by atoms with van der Waals surface area (Å²) in [7, 11) is 0. The van der Waals surface area contributed by atoms with E-state index in [9.17, 15) is 18.0 Å². The first kappa shape index (κ1) is 11.5. The predicted octanol–water partition coefficient (Wildman–Crippen LogP) is 3.30. The SMILES string of the molecule is O=C(Cl)c1cc(Br)nc(C(F)F)c1F. The maximum Gasteiger partial charge on any atom is 0.283 e. The highest BCUT2D eigenvalue weighted by Crippen LogP contribution is 2.25. The zero-order valence-corrected chi connectivity index (χ0v) is 8.74. The number of rotatable bonds is 2. The molecule has 0 aliphatic heterocycles. The first-order valence-corrected chi connectivity index (χ1v) is 4.44. The Bertz CT molecular complexity index is 385. The van der Waals surface area contributed by atoms with Crippen LogP contribution in [0.5, 0.6) is 0 Å². The summed E-state index contributed by atoms with van der Waals surface area (Å²) in [4.78, 5) is 13.8. The van der Waals surface area contributed by atoms with Crippen LogP contribution in [0.15, 0.2) is 10.7 Å². The molecule has 0 aliphatic rings. The van der Waals surface area contributed by atoms with Gasteiger partial charge in [0, 0.05) is 0 Å². The molecule has 2 nitrogen and oxygen atoms in total. The van der Waals surface area contributed by atoms with E-state index in [4.69, 9.17) is 11.6 Å². The summed E-state index contributed by atoms with van der Waals surface area (Å²) in [6, 6.07) is 0.941. The Balaban J connectivity index is 3.40. The minimum atomic E-state index is -3.10. The first-order valence-electron chi connectivity index (χ1n) is 3.27. The Hall–Kier alpha value is -0.620. The summed E-state index contributed by atoms with van der Waals surface area (Å²) >= 11 is 7.75. The third kappa shape index (κ3) is 2.24. The lowest BCUT2D eigenvalue weighted by atomic mass is 10.2. The molecule has 0 bridgehead atoms. The molecule has 0 spiro atoms. The van der Waals surface area contributed by atoms with E-state index < -0.39 is 28.7 Å². The monoisotopic (exact) mass is 287 g/mol. The Morgan fingerprint density at radius 1 is 1.57 bits per heavy atom. The van der Waals surface area contributed by atoms with E-state index in [1.54, 1.807) is 0 Å². The van der Waals surface area contributed by atoms with E-state index in [0.717, 1.165) is 6.07 Å². The molecule has 0 unspecified atom stereocenters. The standard InChI is InChI=1S/C7H2BrClF3NO/c8-3-1-2(6(9)14)4(10)5(13-3)7(11)12/h1,7H. The van der Waals surface area contributed by atoms with Gasteiger partial charge >= 0.3 is 0 Å². The van der Waals surface area contributed by atoms with Crippen molar-refractivity contribution in [3.8, 4) is 0 Å². The van der Waals surface area contributed by atoms with Crippen molar-refractivity contribution >= 4 is 32.8 Å². The molecule has 1 aromatic rings. The van der Waals surface area contributed by atoms with Gasteiger partial charge in [-0.15, -0.1) is 0 Å². The molecule has 0 aliphatic carbocycles. The fraction of sp³-hybridized carbons (Fsp3) is 0.143. The maximum atomic E-state index is 13.1. The summed E-state index contributed by atoms with van der Waals surface area (Å²) in [5.74, 6) is -1.39. The molecule has 0 radical (unpaired) electrons. The van der Waals surface area contributed by atoms with Crippen molar-refractivity contribution in [3.05, 3.63) is 27.7 Å². The number of halogens is 5. The highest BCUT2D eigenvalue weighted by Gasteiger charge is 2.22. The van der Waals surface area contributed by atoms with Crippen molar-refractivity contribution in [1.29, 1.82) is 0 Å². The second-order valence-corrected chi connectivity index (χ2v) is 3.42. The molecule has 1 heterocycles. The van der Waals surface area contributed by atoms with Gasteiger partial charge in [0.05, 0.1) is 5.56 Å². The normalized spacial score (nSPS) is 10.7. The van der Waals surface area contributed by atoms with Gasteiger partial charge in [-0.1, -0.05) is 0 Å². The molecule has 0 saturated heterocycles. The van der Waals surface area contributed by atoms with Gasteiger partial charge in [-0.2, -0.15) is 0 Å². The number of carbonyl (C=O) groups excluding carboxylic acids is 1. The zero-order chi connectivity index (χ0) is 10.9. The molecule has 14 heavy (non-hydrogen) atoms. The molecule has 0 aromatic carbocycles. The third-order valence-electron chi connectivity index (χ3n) is 1.37. The second-order valence-electron chi connectivity index (χ2n) is 2.27. The van der Waals surface area contributed by atoms with Gasteiger partial charge in [0.15, 0.2) is 5.82 Å². The van der Waals surface area contributed by atoms with Crippen molar-refractivity contribution in [2.45, 2.75) is 6.43 Å². The highest BCUT2D eigenvalue weighted by atomic mass is 79.9. The largest absolute Gasteiger partial charge is 0.283 e. The van der Waals surface area contributed by atoms with Gasteiger partial charge in [-0.25, -0.2) is 18.2 Å². The number of nitrogens with zero attached hydrogens (tertiary/aromatic N) is 1. The van der Waals surface area contributed by atoms with Gasteiger partial charge in [-0.05, 0) is 33.6 Å². The summed E-state index contributed by atoms with van der Waals surface area (Å²) in [6.45, 7) is 0. The van der Waals surface area contributed by atoms with Crippen molar-refractivity contribution in [2.24, 2.45) is 0 Å². The fourth-order valence-corrected chi connectivity index (χ4v) is 1.36. The molecule has 0 fully saturated rings. The van der Waals surface area contributed by atoms with Crippen LogP contribution in [-0.4, -0.2) is 10.2 Å². The molecule has 0 N–H and O–H groups in total. The molecule has 76 valence electrons. The predicted molar refractivity (Wildman–Crippen MR) is 47.0 cm³/mol. The Morgan fingerprint density at radius 3 is 2.57 bits per heavy atom. The van der Waals surface area contributed by atoms with E-state index in [0.29, 0.717) is 0 Å². The molecule has 7 heteroatoms. The van der Waals surface area contributed by atoms with Crippen molar-refractivity contribution in [1.82, 2.24) is 4.98 Å². The molecule has 0 atom stereocenters. The van der Waals surface area contributed by atoms with Gasteiger partial charge in [-0.3, -0.25) is 4.79 Å². The minimum absolute atomic E-state index is 0.0711. The van der Waals surface area contributed by atoms with Crippen LogP contribution in [0.2, 0.25) is 0 Å². The van der Waals surface area contributed by atoms with Crippen LogP contribution in [0.3, 0.4) is 0 Å². The lowest BCUT2D eigenvalue weighted by molar-refractivity contribution is 0.107. The quantitative estimate of drug-likeness (QED) is 0.617. The van der Waals surface area contributed by atoms with E-state index in [1.807, 2.05) is 0 Å². The molecule has 1 rings (SSSR count). The maximum absolute atomic E-state index is 13.1. The Kier molecular flexibility index (Phi) is 3.49. The van der Waals surface area contributed by atoms with Gasteiger partial charge in [0.25, 0.3) is 11.7 Å². The van der Waals surface area contributed by atoms with Crippen LogP contribution in [0.25, 0.3) is 0 Å². The smallest absolute Gasteiger partial charge is 0.275 e. The van der Waals surface area contributed by atoms with Crippen molar-refractivity contribution in [3.63, 3.8) is 0 Å². The zero-order valence-electron chi connectivity index (χ0n) is 6.40. The number of pyridine rings is 1. The van der Waals surface area contributed by atoms with E-state index >= 15 is 0 Å². The number of hydrogen-bond donors (Lipinski definition) is 0. The first-order chi connectivity index (χ1) is 6.43. The summed E-state index contributed by atoms with van der Waals surface area (Å²) in [5.41, 5.74) is -1.72. The minimum Gasteiger partial charge on any atom is -0.275 e. The molecular weight excluding hydrogens is 286 g/mol. The highest BCUT2D eigenvalue weighted by molar-refractivity contribution is 9.10. The van der Waals surface area contributed by atoms with E-state index in [2.05, 4.69) is 20.9 Å². The lowest BCUT2D eigenvalue weighted by Crippen LogP contribution is -2.03. The molecule has 0 saturated carbocycles. The van der Waals surface area contributed by atoms with Crippen molar-refractivity contribution in [2.75, 3.05) is 0 Å². The summed E-state index contributed by atoms with van der Waals surface area (Å²) in [6.07, 6.45) is -3.10. The summed E-state index contributed by atoms with van der Waals surface area (Å²) < 4.78 is 37.4. The van der Waals surface area contributed by atoms with Gasteiger partial charge in [0.1, 0.15) is 10.3 Å². The lowest BCUT2D eigenvalue weighted by Gasteiger charge is -2.04. The van der Waals surface area contributed by atoms with Crippen molar-refractivity contribution < 1.29 is 18.0 Å². The second kappa shape index (κ2) is 4.27. The number of hydrogen-bond acceptors (Lipinski definition) is 2. The average Bonchev–Trinajstić information content (AvgIpc) is 2.07. The van der Waals surface area contributed by atoms with Crippen LogP contribution in [-0.2, 0) is 0 Å². The van der Waals surface area contributed by atoms with E-state index in [-0.39, 0.29) is 4.60 Å². The average molecular weight is 288 g/mol. The topological polar surface area (TPSA) is 30.0 Å². The van der Waals surface area contributed by atoms with Gasteiger partial charge in [0.2, 0.25) is 0 Å². The summed E-state index contributed by atoms with van der Waals surface area (Å²) in [5, 5.41) is -1.15. The molecule has 1 aromatic heterocycles. The number of alkyl halides is 2. The van der Waals surface area contributed by atoms with Gasteiger partial charge < -0.3 is 0 Å². The number of aromatic nitrogens is 1. The number of carbonyl (C=O) groups is 1. The fourth-order valence-electron chi connectivity index (χ4n) is 0.804. The molecule has 0 amide bonds. The Morgan fingerprint density at radius 2 is 2.14 bits per heavy atom. The third-order valence-corrected chi connectivity index (χ3v) is 1.98. The van der Waals surface area contributed by atoms with Crippen LogP contribution >= 0.6 is 27.5 Å². The van der Waals surface area contributed by atoms with Crippen LogP contribution in [0.1, 0.15) is 22.5 Å². The molecular formula is C7H2BrClF3NO. The van der Waals surface area contributed by atoms with Crippen LogP contribution in [0.4, 0.5) is 13.2 Å². The Labute approximate surface area is 90.2 Å². The van der Waals surface area contributed by atoms with Crippen LogP contribution in [0, 0.1) is 5.82 Å².